The van der Waals surface area contributed by atoms with Crippen LogP contribution in [0.2, 0.25) is 0 Å². The van der Waals surface area contributed by atoms with Gasteiger partial charge in [0.05, 0.1) is 19.9 Å². The van der Waals surface area contributed by atoms with Gasteiger partial charge in [-0.1, -0.05) is 12.1 Å². The Hall–Kier alpha value is -2.76. The maximum Gasteiger partial charge on any atom is 0.319 e. The van der Waals surface area contributed by atoms with Crippen LogP contribution in [0.25, 0.3) is 0 Å². The van der Waals surface area contributed by atoms with E-state index in [0.717, 1.165) is 5.56 Å². The molecule has 0 aliphatic carbocycles. The molecule has 0 aromatic heterocycles. The molecule has 0 heterocycles. The Morgan fingerprint density at radius 2 is 1.83 bits per heavy atom. The molecule has 2 aromatic carbocycles. The van der Waals surface area contributed by atoms with Crippen LogP contribution in [0, 0.1) is 5.82 Å². The summed E-state index contributed by atoms with van der Waals surface area (Å²) in [5.74, 6) is 0.883. The smallest absolute Gasteiger partial charge is 0.319 e. The summed E-state index contributed by atoms with van der Waals surface area (Å²) in [5.41, 5.74) is 1.50. The van der Waals surface area contributed by atoms with E-state index in [0.29, 0.717) is 30.2 Å². The van der Waals surface area contributed by atoms with Crippen molar-refractivity contribution in [1.82, 2.24) is 5.32 Å². The normalized spacial score (nSPS) is 10.0. The Labute approximate surface area is 134 Å². The number of halogens is 1. The van der Waals surface area contributed by atoms with Crippen LogP contribution in [0.15, 0.2) is 42.5 Å². The highest BCUT2D eigenvalue weighted by Gasteiger charge is 2.08. The Balaban J connectivity index is 1.86. The van der Waals surface area contributed by atoms with Crippen molar-refractivity contribution in [2.45, 2.75) is 6.42 Å². The summed E-state index contributed by atoms with van der Waals surface area (Å²) < 4.78 is 23.1. The molecule has 0 spiro atoms. The number of methoxy groups -OCH3 is 2. The molecule has 6 heteroatoms. The molecule has 2 amide bonds. The van der Waals surface area contributed by atoms with Crippen molar-refractivity contribution in [2.24, 2.45) is 0 Å². The first kappa shape index (κ1) is 16.6. The molecule has 0 aliphatic heterocycles. The Morgan fingerprint density at radius 3 is 2.48 bits per heavy atom. The highest BCUT2D eigenvalue weighted by molar-refractivity contribution is 5.91. The number of urea groups is 1. The molecule has 0 saturated heterocycles. The number of ether oxygens (including phenoxy) is 2. The zero-order chi connectivity index (χ0) is 16.7. The molecule has 0 atom stereocenters. The second kappa shape index (κ2) is 8.03. The number of hydrogen-bond donors (Lipinski definition) is 2. The second-order valence-corrected chi connectivity index (χ2v) is 4.82. The Kier molecular flexibility index (Phi) is 5.80. The van der Waals surface area contributed by atoms with Crippen molar-refractivity contribution in [2.75, 3.05) is 26.1 Å². The summed E-state index contributed by atoms with van der Waals surface area (Å²) >= 11 is 0. The maximum atomic E-state index is 12.8. The van der Waals surface area contributed by atoms with Crippen molar-refractivity contribution in [3.63, 3.8) is 0 Å². The standard InChI is InChI=1S/C17H19FN2O3/c1-22-14-7-8-15(16(11-14)23-2)20-17(21)19-10-9-12-3-5-13(18)6-4-12/h3-8,11H,9-10H2,1-2H3,(H2,19,20,21). The topological polar surface area (TPSA) is 59.6 Å². The van der Waals surface area contributed by atoms with Gasteiger partial charge < -0.3 is 20.1 Å². The van der Waals surface area contributed by atoms with E-state index >= 15 is 0 Å². The Morgan fingerprint density at radius 1 is 1.09 bits per heavy atom. The molecule has 0 bridgehead atoms. The van der Waals surface area contributed by atoms with Crippen molar-refractivity contribution >= 4 is 11.7 Å². The largest absolute Gasteiger partial charge is 0.497 e. The quantitative estimate of drug-likeness (QED) is 0.860. The van der Waals surface area contributed by atoms with Gasteiger partial charge in [-0.05, 0) is 36.2 Å². The summed E-state index contributed by atoms with van der Waals surface area (Å²) in [6.07, 6.45) is 0.618. The summed E-state index contributed by atoms with van der Waals surface area (Å²) in [6, 6.07) is 11.0. The maximum absolute atomic E-state index is 12.8. The van der Waals surface area contributed by atoms with Crippen molar-refractivity contribution in [3.8, 4) is 11.5 Å². The van der Waals surface area contributed by atoms with E-state index in [1.165, 1.54) is 19.2 Å². The fraction of sp³-hybridized carbons (Fsp3) is 0.235. The van der Waals surface area contributed by atoms with Crippen LogP contribution >= 0.6 is 0 Å². The van der Waals surface area contributed by atoms with Crippen LogP contribution in [0.3, 0.4) is 0 Å². The van der Waals surface area contributed by atoms with E-state index in [4.69, 9.17) is 9.47 Å². The van der Waals surface area contributed by atoms with Crippen molar-refractivity contribution < 1.29 is 18.7 Å². The lowest BCUT2D eigenvalue weighted by molar-refractivity contribution is 0.252. The van der Waals surface area contributed by atoms with Gasteiger partial charge in [0.25, 0.3) is 0 Å². The number of rotatable bonds is 6. The molecule has 2 rings (SSSR count). The van der Waals surface area contributed by atoms with Crippen LogP contribution in [-0.2, 0) is 6.42 Å². The number of amides is 2. The highest BCUT2D eigenvalue weighted by Crippen LogP contribution is 2.28. The van der Waals surface area contributed by atoms with Gasteiger partial charge >= 0.3 is 6.03 Å². The first-order valence-corrected chi connectivity index (χ1v) is 7.13. The van der Waals surface area contributed by atoms with Gasteiger partial charge in [-0.3, -0.25) is 0 Å². The molecule has 0 radical (unpaired) electrons. The average Bonchev–Trinajstić information content (AvgIpc) is 2.57. The lowest BCUT2D eigenvalue weighted by Gasteiger charge is -2.12. The predicted molar refractivity (Wildman–Crippen MR) is 86.7 cm³/mol. The van der Waals surface area contributed by atoms with E-state index in [1.807, 2.05) is 0 Å². The predicted octanol–water partition coefficient (Wildman–Crippen LogP) is 3.21. The summed E-state index contributed by atoms with van der Waals surface area (Å²) in [7, 11) is 3.08. The summed E-state index contributed by atoms with van der Waals surface area (Å²) in [5, 5.41) is 5.46. The van der Waals surface area contributed by atoms with Gasteiger partial charge in [0.1, 0.15) is 17.3 Å². The Bertz CT molecular complexity index is 659. The third kappa shape index (κ3) is 4.88. The minimum Gasteiger partial charge on any atom is -0.497 e. The minimum atomic E-state index is -0.337. The molecule has 122 valence electrons. The van der Waals surface area contributed by atoms with E-state index in [2.05, 4.69) is 10.6 Å². The number of hydrogen-bond acceptors (Lipinski definition) is 3. The van der Waals surface area contributed by atoms with E-state index in [-0.39, 0.29) is 11.8 Å². The minimum absolute atomic E-state index is 0.272. The van der Waals surface area contributed by atoms with Crippen molar-refractivity contribution in [3.05, 3.63) is 53.8 Å². The van der Waals surface area contributed by atoms with Gasteiger partial charge in [-0.15, -0.1) is 0 Å². The van der Waals surface area contributed by atoms with Gasteiger partial charge in [0, 0.05) is 12.6 Å². The van der Waals surface area contributed by atoms with E-state index < -0.39 is 0 Å². The van der Waals surface area contributed by atoms with Gasteiger partial charge in [0.15, 0.2) is 0 Å². The van der Waals surface area contributed by atoms with Gasteiger partial charge in [0.2, 0.25) is 0 Å². The van der Waals surface area contributed by atoms with Crippen molar-refractivity contribution in [1.29, 1.82) is 0 Å². The molecule has 5 nitrogen and oxygen atoms in total. The average molecular weight is 318 g/mol. The summed E-state index contributed by atoms with van der Waals surface area (Å²) in [6.45, 7) is 0.440. The van der Waals surface area contributed by atoms with Crippen LogP contribution in [0.4, 0.5) is 14.9 Å². The molecule has 2 N–H and O–H groups in total. The molecule has 23 heavy (non-hydrogen) atoms. The third-order valence-corrected chi connectivity index (χ3v) is 3.27. The molecular weight excluding hydrogens is 299 g/mol. The zero-order valence-corrected chi connectivity index (χ0v) is 13.1. The van der Waals surface area contributed by atoms with Gasteiger partial charge in [-0.25, -0.2) is 9.18 Å². The van der Waals surface area contributed by atoms with Crippen LogP contribution in [0.5, 0.6) is 11.5 Å². The van der Waals surface area contributed by atoms with Crippen LogP contribution < -0.4 is 20.1 Å². The molecule has 2 aromatic rings. The third-order valence-electron chi connectivity index (χ3n) is 3.27. The lowest BCUT2D eigenvalue weighted by atomic mass is 10.1. The lowest BCUT2D eigenvalue weighted by Crippen LogP contribution is -2.30. The fourth-order valence-electron chi connectivity index (χ4n) is 2.04. The first-order valence-electron chi connectivity index (χ1n) is 7.13. The van der Waals surface area contributed by atoms with Gasteiger partial charge in [-0.2, -0.15) is 0 Å². The number of carbonyl (C=O) groups excluding carboxylic acids is 1. The van der Waals surface area contributed by atoms with Crippen LogP contribution in [-0.4, -0.2) is 26.8 Å². The summed E-state index contributed by atoms with van der Waals surface area (Å²) in [4.78, 5) is 11.9. The number of nitrogens with one attached hydrogen (secondary N) is 2. The van der Waals surface area contributed by atoms with E-state index in [1.54, 1.807) is 37.4 Å². The zero-order valence-electron chi connectivity index (χ0n) is 13.1. The number of benzene rings is 2. The molecule has 0 fully saturated rings. The number of anilines is 1. The molecule has 0 aliphatic rings. The monoisotopic (exact) mass is 318 g/mol. The second-order valence-electron chi connectivity index (χ2n) is 4.82. The SMILES string of the molecule is COc1ccc(NC(=O)NCCc2ccc(F)cc2)c(OC)c1. The molecular formula is C17H19FN2O3. The first-order chi connectivity index (χ1) is 11.1. The molecule has 0 unspecified atom stereocenters. The molecule has 0 saturated carbocycles. The van der Waals surface area contributed by atoms with E-state index in [9.17, 15) is 9.18 Å². The highest BCUT2D eigenvalue weighted by atomic mass is 19.1. The van der Waals surface area contributed by atoms with Crippen LogP contribution in [0.1, 0.15) is 5.56 Å². The fourth-order valence-corrected chi connectivity index (χ4v) is 2.04. The number of carbonyl (C=O) groups is 1.